The lowest BCUT2D eigenvalue weighted by Gasteiger charge is -2.32. The SMILES string of the molecule is COC(=O)c1ccc2c(c1)CCC1(CCN(C)C1=O)S2(=O)=O. The molecule has 2 aliphatic rings. The molecular formula is C15H17NO5S. The second-order valence-corrected chi connectivity index (χ2v) is 8.02. The maximum Gasteiger partial charge on any atom is 0.337 e. The number of benzene rings is 1. The van der Waals surface area contributed by atoms with Gasteiger partial charge in [0, 0.05) is 13.6 Å². The highest BCUT2D eigenvalue weighted by molar-refractivity contribution is 7.93. The van der Waals surface area contributed by atoms with E-state index in [-0.39, 0.29) is 17.2 Å². The van der Waals surface area contributed by atoms with Crippen LogP contribution in [0.2, 0.25) is 0 Å². The molecule has 2 heterocycles. The Morgan fingerprint density at radius 3 is 2.64 bits per heavy atom. The van der Waals surface area contributed by atoms with Crippen molar-refractivity contribution in [3.8, 4) is 0 Å². The van der Waals surface area contributed by atoms with Gasteiger partial charge in [-0.05, 0) is 43.0 Å². The smallest absolute Gasteiger partial charge is 0.337 e. The minimum Gasteiger partial charge on any atom is -0.465 e. The molecule has 2 aliphatic heterocycles. The largest absolute Gasteiger partial charge is 0.465 e. The van der Waals surface area contributed by atoms with Crippen molar-refractivity contribution >= 4 is 21.7 Å². The normalized spacial score (nSPS) is 26.1. The molecular weight excluding hydrogens is 306 g/mol. The van der Waals surface area contributed by atoms with E-state index in [9.17, 15) is 18.0 Å². The molecule has 0 bridgehead atoms. The fourth-order valence-electron chi connectivity index (χ4n) is 3.35. The number of amides is 1. The molecule has 0 radical (unpaired) electrons. The second-order valence-electron chi connectivity index (χ2n) is 5.79. The predicted molar refractivity (Wildman–Crippen MR) is 78.3 cm³/mol. The molecule has 0 N–H and O–H groups in total. The Bertz CT molecular complexity index is 770. The highest BCUT2D eigenvalue weighted by atomic mass is 32.2. The zero-order chi connectivity index (χ0) is 16.1. The molecule has 1 aromatic carbocycles. The van der Waals surface area contributed by atoms with E-state index in [1.165, 1.54) is 24.1 Å². The van der Waals surface area contributed by atoms with Crippen molar-refractivity contribution in [3.63, 3.8) is 0 Å². The number of nitrogens with zero attached hydrogens (tertiary/aromatic N) is 1. The molecule has 1 unspecified atom stereocenters. The summed E-state index contributed by atoms with van der Waals surface area (Å²) < 4.78 is 29.3. The summed E-state index contributed by atoms with van der Waals surface area (Å²) >= 11 is 0. The average Bonchev–Trinajstić information content (AvgIpc) is 2.80. The van der Waals surface area contributed by atoms with Crippen LogP contribution in [0.15, 0.2) is 23.1 Å². The minimum absolute atomic E-state index is 0.162. The Morgan fingerprint density at radius 1 is 1.32 bits per heavy atom. The zero-order valence-corrected chi connectivity index (χ0v) is 13.3. The monoisotopic (exact) mass is 323 g/mol. The molecule has 6 nitrogen and oxygen atoms in total. The first kappa shape index (κ1) is 15.0. The van der Waals surface area contributed by atoms with Gasteiger partial charge in [0.05, 0.1) is 17.6 Å². The van der Waals surface area contributed by atoms with Crippen LogP contribution in [0.5, 0.6) is 0 Å². The molecule has 1 spiro atoms. The van der Waals surface area contributed by atoms with Crippen molar-refractivity contribution in [3.05, 3.63) is 29.3 Å². The van der Waals surface area contributed by atoms with Gasteiger partial charge in [0.1, 0.15) is 0 Å². The summed E-state index contributed by atoms with van der Waals surface area (Å²) in [6, 6.07) is 4.41. The van der Waals surface area contributed by atoms with E-state index in [0.717, 1.165) is 0 Å². The van der Waals surface area contributed by atoms with Crippen LogP contribution < -0.4 is 0 Å². The van der Waals surface area contributed by atoms with Gasteiger partial charge >= 0.3 is 5.97 Å². The number of hydrogen-bond donors (Lipinski definition) is 0. The minimum atomic E-state index is -3.76. The van der Waals surface area contributed by atoms with Gasteiger partial charge < -0.3 is 9.64 Å². The van der Waals surface area contributed by atoms with E-state index in [0.29, 0.717) is 30.5 Å². The molecule has 3 rings (SSSR count). The molecule has 1 saturated heterocycles. The molecule has 1 atom stereocenters. The molecule has 0 aliphatic carbocycles. The first-order valence-corrected chi connectivity index (χ1v) is 8.53. The van der Waals surface area contributed by atoms with E-state index in [1.54, 1.807) is 13.1 Å². The van der Waals surface area contributed by atoms with Crippen molar-refractivity contribution in [2.75, 3.05) is 20.7 Å². The van der Waals surface area contributed by atoms with Gasteiger partial charge in [-0.1, -0.05) is 0 Å². The van der Waals surface area contributed by atoms with Gasteiger partial charge in [-0.3, -0.25) is 4.79 Å². The summed E-state index contributed by atoms with van der Waals surface area (Å²) in [5.74, 6) is -0.827. The molecule has 1 aromatic rings. The molecule has 1 fully saturated rings. The van der Waals surface area contributed by atoms with E-state index in [1.807, 2.05) is 0 Å². The van der Waals surface area contributed by atoms with Crippen molar-refractivity contribution in [1.82, 2.24) is 4.90 Å². The van der Waals surface area contributed by atoms with Gasteiger partial charge in [0.2, 0.25) is 5.91 Å². The lowest BCUT2D eigenvalue weighted by molar-refractivity contribution is -0.128. The lowest BCUT2D eigenvalue weighted by atomic mass is 9.95. The Kier molecular flexibility index (Phi) is 3.28. The number of carbonyl (C=O) groups excluding carboxylic acids is 2. The Labute approximate surface area is 129 Å². The van der Waals surface area contributed by atoms with Crippen molar-refractivity contribution in [1.29, 1.82) is 0 Å². The zero-order valence-electron chi connectivity index (χ0n) is 12.5. The summed E-state index contributed by atoms with van der Waals surface area (Å²) in [6.45, 7) is 0.452. The summed E-state index contributed by atoms with van der Waals surface area (Å²) in [4.78, 5) is 25.6. The summed E-state index contributed by atoms with van der Waals surface area (Å²) in [5.41, 5.74) is 0.901. The number of sulfone groups is 1. The van der Waals surface area contributed by atoms with E-state index in [2.05, 4.69) is 4.74 Å². The maximum absolute atomic E-state index is 13.0. The Morgan fingerprint density at radius 2 is 2.05 bits per heavy atom. The van der Waals surface area contributed by atoms with Crippen LogP contribution in [-0.4, -0.2) is 50.6 Å². The maximum atomic E-state index is 13.0. The molecule has 0 aromatic heterocycles. The molecule has 7 heteroatoms. The average molecular weight is 323 g/mol. The fraction of sp³-hybridized carbons (Fsp3) is 0.467. The topological polar surface area (TPSA) is 80.8 Å². The van der Waals surface area contributed by atoms with E-state index >= 15 is 0 Å². The van der Waals surface area contributed by atoms with Crippen molar-refractivity contribution in [2.45, 2.75) is 28.9 Å². The van der Waals surface area contributed by atoms with Gasteiger partial charge in [0.15, 0.2) is 14.6 Å². The van der Waals surface area contributed by atoms with Crippen LogP contribution in [0.25, 0.3) is 0 Å². The number of aryl methyl sites for hydroxylation is 1. The lowest BCUT2D eigenvalue weighted by Crippen LogP contribution is -2.48. The number of rotatable bonds is 1. The van der Waals surface area contributed by atoms with Gasteiger partial charge in [-0.15, -0.1) is 0 Å². The van der Waals surface area contributed by atoms with Gasteiger partial charge in [-0.2, -0.15) is 0 Å². The number of methoxy groups -OCH3 is 1. The van der Waals surface area contributed by atoms with Crippen LogP contribution in [0.1, 0.15) is 28.8 Å². The first-order valence-electron chi connectivity index (χ1n) is 7.05. The number of carbonyl (C=O) groups is 2. The molecule has 118 valence electrons. The van der Waals surface area contributed by atoms with Crippen LogP contribution in [-0.2, 0) is 25.8 Å². The predicted octanol–water partition coefficient (Wildman–Crippen LogP) is 0.794. The van der Waals surface area contributed by atoms with Crippen LogP contribution >= 0.6 is 0 Å². The summed E-state index contributed by atoms with van der Waals surface area (Å²) in [5, 5.41) is 0. The van der Waals surface area contributed by atoms with Crippen LogP contribution in [0.3, 0.4) is 0 Å². The highest BCUT2D eigenvalue weighted by Gasteiger charge is 2.57. The highest BCUT2D eigenvalue weighted by Crippen LogP contribution is 2.44. The molecule has 1 amide bonds. The van der Waals surface area contributed by atoms with Crippen molar-refractivity contribution < 1.29 is 22.7 Å². The molecule has 22 heavy (non-hydrogen) atoms. The number of esters is 1. The summed E-state index contributed by atoms with van der Waals surface area (Å²) in [6.07, 6.45) is 1.04. The Hall–Kier alpha value is -1.89. The van der Waals surface area contributed by atoms with Crippen LogP contribution in [0, 0.1) is 0 Å². The van der Waals surface area contributed by atoms with E-state index < -0.39 is 20.6 Å². The number of hydrogen-bond acceptors (Lipinski definition) is 5. The third-order valence-corrected chi connectivity index (χ3v) is 7.26. The quantitative estimate of drug-likeness (QED) is 0.714. The van der Waals surface area contributed by atoms with E-state index in [4.69, 9.17) is 0 Å². The second kappa shape index (κ2) is 4.81. The Balaban J connectivity index is 2.11. The number of fused-ring (bicyclic) bond motifs is 1. The van der Waals surface area contributed by atoms with Gasteiger partial charge in [-0.25, -0.2) is 13.2 Å². The van der Waals surface area contributed by atoms with Crippen molar-refractivity contribution in [2.24, 2.45) is 0 Å². The number of ether oxygens (including phenoxy) is 1. The number of likely N-dealkylation sites (tertiary alicyclic amines) is 1. The van der Waals surface area contributed by atoms with Crippen LogP contribution in [0.4, 0.5) is 0 Å². The fourth-order valence-corrected chi connectivity index (χ4v) is 5.64. The summed E-state index contributed by atoms with van der Waals surface area (Å²) in [7, 11) is -0.851. The third-order valence-electron chi connectivity index (χ3n) is 4.67. The van der Waals surface area contributed by atoms with Gasteiger partial charge in [0.25, 0.3) is 0 Å². The first-order chi connectivity index (χ1) is 10.3. The molecule has 0 saturated carbocycles. The standard InChI is InChI=1S/C15H17NO5S/c1-16-8-7-15(14(16)18)6-5-10-9-11(13(17)21-2)3-4-12(10)22(15,19)20/h3-4,9H,5-8H2,1-2H3. The third kappa shape index (κ3) is 1.81.